The molecule has 0 spiro atoms. The molecule has 0 aliphatic rings. The van der Waals surface area contributed by atoms with Gasteiger partial charge in [-0.3, -0.25) is 0 Å². The number of unbranched alkanes of at least 4 members (excludes halogenated alkanes) is 1. The van der Waals surface area contributed by atoms with E-state index in [0.717, 1.165) is 12.8 Å². The lowest BCUT2D eigenvalue weighted by molar-refractivity contribution is 0.329. The molecule has 72 valence electrons. The largest absolute Gasteiger partial charge is 0.327 e. The van der Waals surface area contributed by atoms with Crippen molar-refractivity contribution in [3.8, 4) is 0 Å². The average molecular weight is 169 g/mol. The molecule has 0 aromatic rings. The van der Waals surface area contributed by atoms with Gasteiger partial charge < -0.3 is 5.73 Å². The van der Waals surface area contributed by atoms with Gasteiger partial charge in [0.25, 0.3) is 0 Å². The van der Waals surface area contributed by atoms with Crippen molar-refractivity contribution in [2.45, 2.75) is 46.1 Å². The first-order valence-corrected chi connectivity index (χ1v) is 4.96. The summed E-state index contributed by atoms with van der Waals surface area (Å²) in [5.41, 5.74) is 6.02. The summed E-state index contributed by atoms with van der Waals surface area (Å²) in [6.45, 7) is 10.4. The minimum absolute atomic E-state index is 0.366. The van der Waals surface area contributed by atoms with Crippen LogP contribution in [0.4, 0.5) is 0 Å². The molecule has 0 rings (SSSR count). The van der Waals surface area contributed by atoms with E-state index in [9.17, 15) is 0 Å². The summed E-state index contributed by atoms with van der Waals surface area (Å²) in [6, 6.07) is 0.366. The molecule has 0 aliphatic carbocycles. The normalized spacial score (nSPS) is 16.1. The maximum Gasteiger partial charge on any atom is 0.00670 e. The van der Waals surface area contributed by atoms with Crippen LogP contribution in [0.3, 0.4) is 0 Å². The second kappa shape index (κ2) is 6.24. The lowest BCUT2D eigenvalue weighted by Gasteiger charge is -2.22. The first-order valence-electron chi connectivity index (χ1n) is 4.96. The van der Waals surface area contributed by atoms with Crippen molar-refractivity contribution in [1.82, 2.24) is 0 Å². The second-order valence-electron chi connectivity index (χ2n) is 3.99. The molecular weight excluding hydrogens is 146 g/mol. The van der Waals surface area contributed by atoms with E-state index in [2.05, 4.69) is 27.4 Å². The lowest BCUT2D eigenvalue weighted by atomic mass is 9.88. The van der Waals surface area contributed by atoms with Crippen molar-refractivity contribution in [2.24, 2.45) is 17.6 Å². The zero-order valence-electron chi connectivity index (χ0n) is 8.72. The summed E-state index contributed by atoms with van der Waals surface area (Å²) in [7, 11) is 0. The third-order valence-corrected chi connectivity index (χ3v) is 2.67. The Morgan fingerprint density at radius 3 is 2.33 bits per heavy atom. The molecule has 0 aliphatic heterocycles. The van der Waals surface area contributed by atoms with E-state index in [1.165, 1.54) is 6.42 Å². The predicted molar refractivity (Wildman–Crippen MR) is 56.0 cm³/mol. The fourth-order valence-corrected chi connectivity index (χ4v) is 1.26. The third kappa shape index (κ3) is 4.55. The van der Waals surface area contributed by atoms with Gasteiger partial charge in [-0.1, -0.05) is 26.8 Å². The Hall–Kier alpha value is -0.300. The predicted octanol–water partition coefficient (Wildman–Crippen LogP) is 2.96. The molecule has 0 heterocycles. The Morgan fingerprint density at radius 2 is 1.92 bits per heavy atom. The van der Waals surface area contributed by atoms with E-state index < -0.39 is 0 Å². The molecule has 12 heavy (non-hydrogen) atoms. The molecule has 0 radical (unpaired) electrons. The van der Waals surface area contributed by atoms with E-state index in [0.29, 0.717) is 17.9 Å². The van der Waals surface area contributed by atoms with Crippen LogP contribution in [0, 0.1) is 11.8 Å². The summed E-state index contributed by atoms with van der Waals surface area (Å²) in [4.78, 5) is 0. The highest BCUT2D eigenvalue weighted by Crippen LogP contribution is 2.16. The summed E-state index contributed by atoms with van der Waals surface area (Å²) in [5.74, 6) is 1.33. The number of hydrogen-bond acceptors (Lipinski definition) is 1. The Kier molecular flexibility index (Phi) is 6.09. The topological polar surface area (TPSA) is 26.0 Å². The zero-order chi connectivity index (χ0) is 9.56. The van der Waals surface area contributed by atoms with Crippen LogP contribution in [-0.4, -0.2) is 6.04 Å². The van der Waals surface area contributed by atoms with Crippen LogP contribution in [0.15, 0.2) is 12.7 Å². The molecule has 1 heteroatoms. The lowest BCUT2D eigenvalue weighted by Crippen LogP contribution is -2.31. The van der Waals surface area contributed by atoms with Gasteiger partial charge in [0.15, 0.2) is 0 Å². The fraction of sp³-hybridized carbons (Fsp3) is 0.818. The van der Waals surface area contributed by atoms with Crippen LogP contribution in [0.25, 0.3) is 0 Å². The van der Waals surface area contributed by atoms with Crippen molar-refractivity contribution in [2.75, 3.05) is 0 Å². The van der Waals surface area contributed by atoms with Crippen LogP contribution in [0.5, 0.6) is 0 Å². The monoisotopic (exact) mass is 169 g/mol. The van der Waals surface area contributed by atoms with Crippen molar-refractivity contribution < 1.29 is 0 Å². The van der Waals surface area contributed by atoms with Gasteiger partial charge in [-0.15, -0.1) is 6.58 Å². The van der Waals surface area contributed by atoms with Crippen LogP contribution >= 0.6 is 0 Å². The first-order chi connectivity index (χ1) is 5.59. The van der Waals surface area contributed by atoms with Gasteiger partial charge in [0.05, 0.1) is 0 Å². The Morgan fingerprint density at radius 1 is 1.33 bits per heavy atom. The first kappa shape index (κ1) is 11.7. The SMILES string of the molecule is C=CCCCC(N)C(C)C(C)C. The van der Waals surface area contributed by atoms with E-state index in [1.54, 1.807) is 0 Å². The molecule has 0 amide bonds. The van der Waals surface area contributed by atoms with Crippen molar-refractivity contribution >= 4 is 0 Å². The van der Waals surface area contributed by atoms with Gasteiger partial charge in [0.1, 0.15) is 0 Å². The van der Waals surface area contributed by atoms with Crippen molar-refractivity contribution in [3.63, 3.8) is 0 Å². The van der Waals surface area contributed by atoms with Gasteiger partial charge in [0.2, 0.25) is 0 Å². The second-order valence-corrected chi connectivity index (χ2v) is 3.99. The summed E-state index contributed by atoms with van der Waals surface area (Å²) in [5, 5.41) is 0. The summed E-state index contributed by atoms with van der Waals surface area (Å²) >= 11 is 0. The average Bonchev–Trinajstić information content (AvgIpc) is 2.03. The van der Waals surface area contributed by atoms with Crippen molar-refractivity contribution in [3.05, 3.63) is 12.7 Å². The zero-order valence-corrected chi connectivity index (χ0v) is 8.72. The number of rotatable bonds is 6. The molecule has 0 fully saturated rings. The molecule has 0 aromatic heterocycles. The minimum atomic E-state index is 0.366. The maximum atomic E-state index is 6.02. The van der Waals surface area contributed by atoms with E-state index in [4.69, 9.17) is 5.73 Å². The van der Waals surface area contributed by atoms with Gasteiger partial charge in [-0.25, -0.2) is 0 Å². The Labute approximate surface area is 77.0 Å². The number of allylic oxidation sites excluding steroid dienone is 1. The van der Waals surface area contributed by atoms with E-state index in [1.807, 2.05) is 6.08 Å². The molecular formula is C11H23N. The third-order valence-electron chi connectivity index (χ3n) is 2.67. The van der Waals surface area contributed by atoms with Gasteiger partial charge in [-0.2, -0.15) is 0 Å². The highest BCUT2D eigenvalue weighted by atomic mass is 14.6. The number of nitrogens with two attached hydrogens (primary N) is 1. The summed E-state index contributed by atoms with van der Waals surface area (Å²) < 4.78 is 0. The van der Waals surface area contributed by atoms with Crippen LogP contribution in [0.2, 0.25) is 0 Å². The Balaban J connectivity index is 3.56. The van der Waals surface area contributed by atoms with Crippen LogP contribution in [-0.2, 0) is 0 Å². The molecule has 0 aromatic carbocycles. The van der Waals surface area contributed by atoms with Gasteiger partial charge in [0, 0.05) is 6.04 Å². The number of hydrogen-bond donors (Lipinski definition) is 1. The molecule has 2 N–H and O–H groups in total. The standard InChI is InChI=1S/C11H23N/c1-5-6-7-8-11(12)10(4)9(2)3/h5,9-11H,1,6-8,12H2,2-4H3. The molecule has 0 saturated carbocycles. The molecule has 1 nitrogen and oxygen atoms in total. The highest BCUT2D eigenvalue weighted by Gasteiger charge is 2.14. The summed E-state index contributed by atoms with van der Waals surface area (Å²) in [6.07, 6.45) is 5.37. The van der Waals surface area contributed by atoms with Crippen LogP contribution < -0.4 is 5.73 Å². The fourth-order valence-electron chi connectivity index (χ4n) is 1.26. The molecule has 2 unspecified atom stereocenters. The smallest absolute Gasteiger partial charge is 0.00670 e. The van der Waals surface area contributed by atoms with Crippen molar-refractivity contribution in [1.29, 1.82) is 0 Å². The van der Waals surface area contributed by atoms with E-state index in [-0.39, 0.29) is 0 Å². The van der Waals surface area contributed by atoms with Gasteiger partial charge >= 0.3 is 0 Å². The highest BCUT2D eigenvalue weighted by molar-refractivity contribution is 4.74. The molecule has 2 atom stereocenters. The van der Waals surface area contributed by atoms with Gasteiger partial charge in [-0.05, 0) is 31.1 Å². The van der Waals surface area contributed by atoms with E-state index >= 15 is 0 Å². The Bertz CT molecular complexity index is 118. The minimum Gasteiger partial charge on any atom is -0.327 e. The molecule has 0 saturated heterocycles. The quantitative estimate of drug-likeness (QED) is 0.480. The molecule has 0 bridgehead atoms. The van der Waals surface area contributed by atoms with Crippen LogP contribution in [0.1, 0.15) is 40.0 Å². The maximum absolute atomic E-state index is 6.02.